The van der Waals surface area contributed by atoms with Gasteiger partial charge in [-0.25, -0.2) is 0 Å². The highest BCUT2D eigenvalue weighted by molar-refractivity contribution is 5.74. The summed E-state index contributed by atoms with van der Waals surface area (Å²) < 4.78 is 0. The molecule has 0 aliphatic carbocycles. The second-order valence-corrected chi connectivity index (χ2v) is 3.20. The fourth-order valence-electron chi connectivity index (χ4n) is 1.11. The Hall–Kier alpha value is -0.690. The number of nitrogens with one attached hydrogen (secondary N) is 2. The van der Waals surface area contributed by atoms with E-state index in [1.165, 1.54) is 0 Å². The molecule has 1 aliphatic heterocycles. The average Bonchev–Trinajstić information content (AvgIpc) is 2.77. The maximum Gasteiger partial charge on any atom is 0.219 e. The summed E-state index contributed by atoms with van der Waals surface area (Å²) in [5.41, 5.74) is 0. The van der Waals surface area contributed by atoms with Crippen molar-refractivity contribution in [2.45, 2.75) is 31.9 Å². The first-order valence-corrected chi connectivity index (χ1v) is 5.31. The van der Waals surface area contributed by atoms with Gasteiger partial charge < -0.3 is 26.0 Å². The number of rotatable bonds is 2. The topological polar surface area (TPSA) is 102 Å². The zero-order valence-electron chi connectivity index (χ0n) is 10.2. The molecule has 1 saturated heterocycles. The van der Waals surface area contributed by atoms with Crippen LogP contribution in [0.2, 0.25) is 0 Å². The fourth-order valence-corrected chi connectivity index (χ4v) is 1.11. The van der Waals surface area contributed by atoms with Gasteiger partial charge in [-0.05, 0) is 6.42 Å². The van der Waals surface area contributed by atoms with Gasteiger partial charge in [-0.3, -0.25) is 4.79 Å². The van der Waals surface area contributed by atoms with Gasteiger partial charge in [-0.15, -0.1) is 0 Å². The van der Waals surface area contributed by atoms with Gasteiger partial charge in [-0.2, -0.15) is 0 Å². The zero-order chi connectivity index (χ0) is 13.0. The van der Waals surface area contributed by atoms with Crippen LogP contribution in [-0.4, -0.2) is 60.7 Å². The monoisotopic (exact) mass is 236 g/mol. The van der Waals surface area contributed by atoms with E-state index in [-0.39, 0.29) is 24.7 Å². The Bertz CT molecular complexity index is 161. The minimum atomic E-state index is -0.243. The summed E-state index contributed by atoms with van der Waals surface area (Å²) >= 11 is 0. The van der Waals surface area contributed by atoms with E-state index in [0.29, 0.717) is 19.4 Å². The molecule has 0 aromatic heterocycles. The molecule has 5 N–H and O–H groups in total. The largest absolute Gasteiger partial charge is 0.400 e. The van der Waals surface area contributed by atoms with Crippen LogP contribution in [-0.2, 0) is 4.79 Å². The molecule has 0 aromatic carbocycles. The van der Waals surface area contributed by atoms with E-state index in [2.05, 4.69) is 10.6 Å². The van der Waals surface area contributed by atoms with Gasteiger partial charge in [0.25, 0.3) is 0 Å². The van der Waals surface area contributed by atoms with Crippen molar-refractivity contribution >= 4 is 5.91 Å². The van der Waals surface area contributed by atoms with Crippen LogP contribution in [0.5, 0.6) is 0 Å². The number of aliphatic hydroxyl groups excluding tert-OH is 3. The van der Waals surface area contributed by atoms with Crippen molar-refractivity contribution in [2.75, 3.05) is 27.3 Å². The Morgan fingerprint density at radius 1 is 1.50 bits per heavy atom. The molecule has 0 radical (unpaired) electrons. The van der Waals surface area contributed by atoms with Crippen LogP contribution in [0.3, 0.4) is 0 Å². The summed E-state index contributed by atoms with van der Waals surface area (Å²) in [6.07, 6.45) is 1.03. The Balaban J connectivity index is 0. The Kier molecular flexibility index (Phi) is 13.7. The molecular formula is C10H24N2O4. The van der Waals surface area contributed by atoms with E-state index in [1.807, 2.05) is 6.92 Å². The molecule has 16 heavy (non-hydrogen) atoms. The van der Waals surface area contributed by atoms with Crippen LogP contribution in [0.1, 0.15) is 19.8 Å². The van der Waals surface area contributed by atoms with Crippen LogP contribution in [0.15, 0.2) is 0 Å². The van der Waals surface area contributed by atoms with Gasteiger partial charge in [0.05, 0.1) is 12.7 Å². The molecule has 1 rings (SSSR count). The molecule has 1 aliphatic rings. The third-order valence-corrected chi connectivity index (χ3v) is 2.02. The lowest BCUT2D eigenvalue weighted by atomic mass is 10.2. The summed E-state index contributed by atoms with van der Waals surface area (Å²) in [5, 5.41) is 29.8. The number of hydrogen-bond acceptors (Lipinski definition) is 5. The van der Waals surface area contributed by atoms with Crippen molar-refractivity contribution < 1.29 is 20.1 Å². The highest BCUT2D eigenvalue weighted by Crippen LogP contribution is 2.03. The van der Waals surface area contributed by atoms with E-state index < -0.39 is 0 Å². The minimum absolute atomic E-state index is 0.0926. The predicted molar refractivity (Wildman–Crippen MR) is 62.0 cm³/mol. The first kappa shape index (κ1) is 17.7. The average molecular weight is 236 g/mol. The number of aliphatic hydroxyl groups is 3. The van der Waals surface area contributed by atoms with Crippen LogP contribution < -0.4 is 10.6 Å². The Morgan fingerprint density at radius 2 is 2.06 bits per heavy atom. The molecule has 0 spiro atoms. The van der Waals surface area contributed by atoms with Crippen molar-refractivity contribution in [3.05, 3.63) is 0 Å². The number of carbonyl (C=O) groups excluding carboxylic acids is 1. The third-order valence-electron chi connectivity index (χ3n) is 2.02. The predicted octanol–water partition coefficient (Wildman–Crippen LogP) is -1.55. The molecule has 6 nitrogen and oxygen atoms in total. The molecule has 1 heterocycles. The van der Waals surface area contributed by atoms with Crippen molar-refractivity contribution in [3.63, 3.8) is 0 Å². The van der Waals surface area contributed by atoms with Crippen LogP contribution in [0.25, 0.3) is 0 Å². The first-order valence-electron chi connectivity index (χ1n) is 5.31. The van der Waals surface area contributed by atoms with Crippen LogP contribution >= 0.6 is 0 Å². The zero-order valence-corrected chi connectivity index (χ0v) is 10.2. The summed E-state index contributed by atoms with van der Waals surface area (Å²) in [5.74, 6) is 0.0926. The standard InChI is InChI=1S/C5H11NO2.C4H9NO.CH4O/c7-3-4-1-5(8)2-6-4;1-3-4(6)5-2;1-2/h4-8H,1-3H2;3H2,1-2H3,(H,5,6);2H,1H3. The van der Waals surface area contributed by atoms with Crippen molar-refractivity contribution in [2.24, 2.45) is 0 Å². The number of carbonyl (C=O) groups is 1. The van der Waals surface area contributed by atoms with Crippen LogP contribution in [0.4, 0.5) is 0 Å². The lowest BCUT2D eigenvalue weighted by molar-refractivity contribution is -0.120. The number of amides is 1. The lowest BCUT2D eigenvalue weighted by Gasteiger charge is -2.01. The van der Waals surface area contributed by atoms with E-state index >= 15 is 0 Å². The van der Waals surface area contributed by atoms with Gasteiger partial charge in [0.15, 0.2) is 0 Å². The van der Waals surface area contributed by atoms with E-state index in [4.69, 9.17) is 15.3 Å². The van der Waals surface area contributed by atoms with Gasteiger partial charge in [0.1, 0.15) is 0 Å². The molecule has 0 bridgehead atoms. The Morgan fingerprint density at radius 3 is 2.19 bits per heavy atom. The summed E-state index contributed by atoms with van der Waals surface area (Å²) in [6.45, 7) is 2.58. The van der Waals surface area contributed by atoms with E-state index in [9.17, 15) is 4.79 Å². The molecule has 2 unspecified atom stereocenters. The van der Waals surface area contributed by atoms with Gasteiger partial charge in [0.2, 0.25) is 5.91 Å². The van der Waals surface area contributed by atoms with Gasteiger partial charge >= 0.3 is 0 Å². The molecule has 6 heteroatoms. The highest BCUT2D eigenvalue weighted by atomic mass is 16.3. The number of β-amino-alcohol motifs (C(OH)–C–C–N with tert-alkyl or cyclic N) is 1. The quantitative estimate of drug-likeness (QED) is 0.400. The lowest BCUT2D eigenvalue weighted by Crippen LogP contribution is -2.24. The molecule has 2 atom stereocenters. The summed E-state index contributed by atoms with van der Waals surface area (Å²) in [6, 6.07) is 0.130. The minimum Gasteiger partial charge on any atom is -0.400 e. The van der Waals surface area contributed by atoms with E-state index in [0.717, 1.165) is 7.11 Å². The van der Waals surface area contributed by atoms with Crippen molar-refractivity contribution in [3.8, 4) is 0 Å². The molecule has 0 aromatic rings. The fraction of sp³-hybridized carbons (Fsp3) is 0.900. The normalized spacial score (nSPS) is 22.4. The van der Waals surface area contributed by atoms with Crippen molar-refractivity contribution in [1.82, 2.24) is 10.6 Å². The molecule has 98 valence electrons. The second-order valence-electron chi connectivity index (χ2n) is 3.20. The highest BCUT2D eigenvalue weighted by Gasteiger charge is 2.20. The SMILES string of the molecule is CCC(=O)NC.CO.OCC1CC(O)CN1. The smallest absolute Gasteiger partial charge is 0.219 e. The van der Waals surface area contributed by atoms with Crippen molar-refractivity contribution in [1.29, 1.82) is 0 Å². The first-order chi connectivity index (χ1) is 7.63. The molecule has 0 saturated carbocycles. The second kappa shape index (κ2) is 12.4. The van der Waals surface area contributed by atoms with Gasteiger partial charge in [-0.1, -0.05) is 6.92 Å². The molecule has 1 amide bonds. The molecule has 1 fully saturated rings. The summed E-state index contributed by atoms with van der Waals surface area (Å²) in [4.78, 5) is 10.1. The third kappa shape index (κ3) is 9.85. The summed E-state index contributed by atoms with van der Waals surface area (Å²) in [7, 11) is 2.63. The van der Waals surface area contributed by atoms with Crippen LogP contribution in [0, 0.1) is 0 Å². The maximum absolute atomic E-state index is 10.1. The van der Waals surface area contributed by atoms with Gasteiger partial charge in [0, 0.05) is 33.2 Å². The number of hydrogen-bond donors (Lipinski definition) is 5. The Labute approximate surface area is 96.7 Å². The molecular weight excluding hydrogens is 212 g/mol. The maximum atomic E-state index is 10.1. The van der Waals surface area contributed by atoms with E-state index in [1.54, 1.807) is 7.05 Å².